The zero-order chi connectivity index (χ0) is 15.5. The number of hydrogen-bond donors (Lipinski definition) is 1. The van der Waals surface area contributed by atoms with Crippen LogP contribution in [-0.2, 0) is 0 Å². The van der Waals surface area contributed by atoms with Crippen molar-refractivity contribution in [3.63, 3.8) is 0 Å². The minimum Gasteiger partial charge on any atom is -0.507 e. The quantitative estimate of drug-likeness (QED) is 0.446. The number of aromatic hydroxyl groups is 1. The summed E-state index contributed by atoms with van der Waals surface area (Å²) in [6.45, 7) is 0. The molecular weight excluding hydrogens is 280 g/mol. The van der Waals surface area contributed by atoms with Crippen molar-refractivity contribution in [2.45, 2.75) is 0 Å². The summed E-state index contributed by atoms with van der Waals surface area (Å²) < 4.78 is 0. The summed E-state index contributed by atoms with van der Waals surface area (Å²) in [5.41, 5.74) is 1.54. The number of non-ortho nitro benzene ring substituents is 1. The summed E-state index contributed by atoms with van der Waals surface area (Å²) >= 11 is 0. The zero-order valence-corrected chi connectivity index (χ0v) is 11.5. The second kappa shape index (κ2) is 5.65. The molecule has 0 aliphatic heterocycles. The highest BCUT2D eigenvalue weighted by molar-refractivity contribution is 5.98. The van der Waals surface area contributed by atoms with E-state index in [1.807, 2.05) is 24.3 Å². The van der Waals surface area contributed by atoms with Gasteiger partial charge in [0.15, 0.2) is 0 Å². The molecule has 0 unspecified atom stereocenters. The topological polar surface area (TPSA) is 75.7 Å². The molecule has 0 fully saturated rings. The Morgan fingerprint density at radius 1 is 0.955 bits per heavy atom. The van der Waals surface area contributed by atoms with E-state index in [9.17, 15) is 15.2 Å². The molecule has 22 heavy (non-hydrogen) atoms. The summed E-state index contributed by atoms with van der Waals surface area (Å²) in [5.74, 6) is 0.213. The summed E-state index contributed by atoms with van der Waals surface area (Å²) in [5, 5.41) is 22.1. The molecule has 3 aromatic carbocycles. The van der Waals surface area contributed by atoms with Crippen molar-refractivity contribution in [3.05, 3.63) is 76.3 Å². The Morgan fingerprint density at radius 2 is 1.64 bits per heavy atom. The van der Waals surface area contributed by atoms with Gasteiger partial charge in [0, 0.05) is 29.1 Å². The predicted molar refractivity (Wildman–Crippen MR) is 86.0 cm³/mol. The van der Waals surface area contributed by atoms with Crippen molar-refractivity contribution in [1.29, 1.82) is 0 Å². The van der Waals surface area contributed by atoms with E-state index in [0.29, 0.717) is 0 Å². The van der Waals surface area contributed by atoms with Crippen LogP contribution in [0, 0.1) is 10.1 Å². The Labute approximate surface area is 126 Å². The van der Waals surface area contributed by atoms with Crippen molar-refractivity contribution in [3.8, 4) is 5.75 Å². The third-order valence-electron chi connectivity index (χ3n) is 3.33. The molecule has 0 radical (unpaired) electrons. The number of nitro benzene ring substituents is 1. The maximum atomic E-state index is 10.6. The van der Waals surface area contributed by atoms with Crippen LogP contribution in [0.15, 0.2) is 65.7 Å². The first-order valence-corrected chi connectivity index (χ1v) is 6.64. The average molecular weight is 292 g/mol. The average Bonchev–Trinajstić information content (AvgIpc) is 2.54. The fraction of sp³-hybridized carbons (Fsp3) is 0. The number of nitro groups is 1. The summed E-state index contributed by atoms with van der Waals surface area (Å²) in [4.78, 5) is 14.6. The number of fused-ring (bicyclic) bond motifs is 1. The smallest absolute Gasteiger partial charge is 0.269 e. The molecule has 0 heterocycles. The van der Waals surface area contributed by atoms with Crippen LogP contribution in [-0.4, -0.2) is 16.2 Å². The molecule has 0 aliphatic carbocycles. The minimum absolute atomic E-state index is 0.0484. The lowest BCUT2D eigenvalue weighted by molar-refractivity contribution is -0.384. The van der Waals surface area contributed by atoms with Crippen LogP contribution in [0.4, 0.5) is 11.4 Å². The molecule has 0 atom stereocenters. The highest BCUT2D eigenvalue weighted by Gasteiger charge is 2.04. The lowest BCUT2D eigenvalue weighted by Crippen LogP contribution is -1.88. The van der Waals surface area contributed by atoms with Gasteiger partial charge < -0.3 is 5.11 Å². The van der Waals surface area contributed by atoms with E-state index in [2.05, 4.69) is 4.99 Å². The van der Waals surface area contributed by atoms with Gasteiger partial charge in [-0.1, -0.05) is 24.3 Å². The Hall–Kier alpha value is -3.21. The second-order valence-electron chi connectivity index (χ2n) is 4.76. The summed E-state index contributed by atoms with van der Waals surface area (Å²) in [6.07, 6.45) is 1.64. The molecule has 0 bridgehead atoms. The predicted octanol–water partition coefficient (Wildman–Crippen LogP) is 4.20. The van der Waals surface area contributed by atoms with Crippen LogP contribution in [0.5, 0.6) is 5.75 Å². The van der Waals surface area contributed by atoms with Gasteiger partial charge in [0.25, 0.3) is 5.69 Å². The standard InChI is InChI=1S/C17H12N2O3/c20-17-6-2-3-14-15(17)4-1-5-16(14)18-11-12-7-9-13(10-8-12)19(21)22/h1-11,20H. The fourth-order valence-electron chi connectivity index (χ4n) is 2.22. The van der Waals surface area contributed by atoms with Gasteiger partial charge in [-0.25, -0.2) is 0 Å². The molecule has 0 saturated heterocycles. The first kappa shape index (κ1) is 13.8. The van der Waals surface area contributed by atoms with Gasteiger partial charge in [-0.2, -0.15) is 0 Å². The van der Waals surface area contributed by atoms with E-state index >= 15 is 0 Å². The maximum Gasteiger partial charge on any atom is 0.269 e. The van der Waals surface area contributed by atoms with E-state index in [1.165, 1.54) is 12.1 Å². The number of aliphatic imine (C=N–C) groups is 1. The van der Waals surface area contributed by atoms with Gasteiger partial charge in [-0.05, 0) is 29.8 Å². The largest absolute Gasteiger partial charge is 0.507 e. The van der Waals surface area contributed by atoms with Gasteiger partial charge in [-0.15, -0.1) is 0 Å². The van der Waals surface area contributed by atoms with Crippen molar-refractivity contribution >= 4 is 28.4 Å². The molecule has 3 rings (SSSR count). The van der Waals surface area contributed by atoms with E-state index < -0.39 is 4.92 Å². The normalized spacial score (nSPS) is 11.1. The Bertz CT molecular complexity index is 871. The molecule has 3 aromatic rings. The van der Waals surface area contributed by atoms with Crippen LogP contribution < -0.4 is 0 Å². The van der Waals surface area contributed by atoms with Gasteiger partial charge in [0.2, 0.25) is 0 Å². The molecule has 0 aliphatic rings. The van der Waals surface area contributed by atoms with Gasteiger partial charge in [0.05, 0.1) is 10.6 Å². The van der Waals surface area contributed by atoms with Crippen molar-refractivity contribution in [1.82, 2.24) is 0 Å². The van der Waals surface area contributed by atoms with Crippen LogP contribution in [0.25, 0.3) is 10.8 Å². The van der Waals surface area contributed by atoms with Crippen LogP contribution >= 0.6 is 0 Å². The van der Waals surface area contributed by atoms with Crippen molar-refractivity contribution < 1.29 is 10.0 Å². The number of phenols is 1. The first-order chi connectivity index (χ1) is 10.6. The molecule has 5 nitrogen and oxygen atoms in total. The van der Waals surface area contributed by atoms with Gasteiger partial charge >= 0.3 is 0 Å². The van der Waals surface area contributed by atoms with Crippen molar-refractivity contribution in [2.75, 3.05) is 0 Å². The molecule has 0 aromatic heterocycles. The molecule has 0 spiro atoms. The van der Waals surface area contributed by atoms with E-state index in [0.717, 1.165) is 22.0 Å². The van der Waals surface area contributed by atoms with Gasteiger partial charge in [0.1, 0.15) is 5.75 Å². The van der Waals surface area contributed by atoms with Crippen LogP contribution in [0.3, 0.4) is 0 Å². The molecular formula is C17H12N2O3. The molecule has 5 heteroatoms. The van der Waals surface area contributed by atoms with Crippen LogP contribution in [0.2, 0.25) is 0 Å². The minimum atomic E-state index is -0.436. The third kappa shape index (κ3) is 2.64. The molecule has 0 amide bonds. The molecule has 108 valence electrons. The SMILES string of the molecule is O=[N+]([O-])c1ccc(C=Nc2cccc3c(O)cccc23)cc1. The second-order valence-corrected chi connectivity index (χ2v) is 4.76. The first-order valence-electron chi connectivity index (χ1n) is 6.64. The Kier molecular flexibility index (Phi) is 3.53. The molecule has 0 saturated carbocycles. The number of rotatable bonds is 3. The van der Waals surface area contributed by atoms with E-state index in [4.69, 9.17) is 0 Å². The fourth-order valence-corrected chi connectivity index (χ4v) is 2.22. The molecule has 1 N–H and O–H groups in total. The third-order valence-corrected chi connectivity index (χ3v) is 3.33. The van der Waals surface area contributed by atoms with E-state index in [1.54, 1.807) is 30.5 Å². The zero-order valence-electron chi connectivity index (χ0n) is 11.5. The Morgan fingerprint density at radius 3 is 2.36 bits per heavy atom. The highest BCUT2D eigenvalue weighted by atomic mass is 16.6. The number of hydrogen-bond acceptors (Lipinski definition) is 4. The lowest BCUT2D eigenvalue weighted by atomic mass is 10.1. The summed E-state index contributed by atoms with van der Waals surface area (Å²) in [6, 6.07) is 17.0. The Balaban J connectivity index is 1.96. The maximum absolute atomic E-state index is 10.6. The van der Waals surface area contributed by atoms with Gasteiger partial charge in [-0.3, -0.25) is 15.1 Å². The monoisotopic (exact) mass is 292 g/mol. The summed E-state index contributed by atoms with van der Waals surface area (Å²) in [7, 11) is 0. The number of benzene rings is 3. The number of phenolic OH excluding ortho intramolecular Hbond substituents is 1. The van der Waals surface area contributed by atoms with Crippen LogP contribution in [0.1, 0.15) is 5.56 Å². The lowest BCUT2D eigenvalue weighted by Gasteiger charge is -2.03. The van der Waals surface area contributed by atoms with E-state index in [-0.39, 0.29) is 11.4 Å². The highest BCUT2D eigenvalue weighted by Crippen LogP contribution is 2.31. The van der Waals surface area contributed by atoms with Crippen molar-refractivity contribution in [2.24, 2.45) is 4.99 Å². The number of nitrogens with zero attached hydrogens (tertiary/aromatic N) is 2.